The van der Waals surface area contributed by atoms with Crippen molar-refractivity contribution in [3.05, 3.63) is 73.9 Å². The van der Waals surface area contributed by atoms with Crippen molar-refractivity contribution in [2.24, 2.45) is 0 Å². The Bertz CT molecular complexity index is 1750. The zero-order valence-electron chi connectivity index (χ0n) is 37.0. The van der Waals surface area contributed by atoms with E-state index in [-0.39, 0.29) is 5.54 Å². The van der Waals surface area contributed by atoms with E-state index < -0.39 is 8.07 Å². The fraction of sp³-hybridized carbons (Fsp3) is 0.511. The summed E-state index contributed by atoms with van der Waals surface area (Å²) in [7, 11) is 23.6. The molecule has 6 nitrogen and oxygen atoms in total. The SMILES string of the molecule is CC1=C(C)C([Si](c2c(C)c(N(C)C)cc(C)c2N(C)C)(c2c(C)c(N(C)C)cc(C)c2N(C)C)c2c(C)c(N(C)C)cc(C)c2N(C)C)C(C)=C1C. The van der Waals surface area contributed by atoms with Gasteiger partial charge in [0, 0.05) is 124 Å². The lowest BCUT2D eigenvalue weighted by molar-refractivity contribution is 1.05. The summed E-state index contributed by atoms with van der Waals surface area (Å²) in [5.41, 5.74) is 22.1. The number of hydrogen-bond donors (Lipinski definition) is 0. The third-order valence-corrected chi connectivity index (χ3v) is 18.1. The summed E-state index contributed by atoms with van der Waals surface area (Å²) < 4.78 is 0. The molecule has 0 aromatic heterocycles. The molecule has 0 bridgehead atoms. The molecular weight excluding hydrogens is 653 g/mol. The van der Waals surface area contributed by atoms with Gasteiger partial charge in [-0.15, -0.1) is 0 Å². The van der Waals surface area contributed by atoms with Crippen molar-refractivity contribution >= 4 is 57.8 Å². The maximum atomic E-state index is 2.45. The van der Waals surface area contributed by atoms with Crippen LogP contribution in [0.15, 0.2) is 40.5 Å². The molecule has 0 aliphatic heterocycles. The average molecular weight is 723 g/mol. The summed E-state index contributed by atoms with van der Waals surface area (Å²) in [5, 5.41) is 4.57. The number of anilines is 6. The van der Waals surface area contributed by atoms with Crippen LogP contribution in [0.2, 0.25) is 5.54 Å². The van der Waals surface area contributed by atoms with Crippen molar-refractivity contribution < 1.29 is 0 Å². The minimum atomic E-state index is -3.30. The highest BCUT2D eigenvalue weighted by Crippen LogP contribution is 2.51. The first-order chi connectivity index (χ1) is 24.0. The molecule has 3 aromatic rings. The van der Waals surface area contributed by atoms with Crippen LogP contribution in [0.1, 0.15) is 61.1 Å². The molecule has 0 N–H and O–H groups in total. The zero-order valence-corrected chi connectivity index (χ0v) is 38.0. The smallest absolute Gasteiger partial charge is 0.168 e. The second-order valence-corrected chi connectivity index (χ2v) is 20.6. The number of benzene rings is 3. The topological polar surface area (TPSA) is 19.4 Å². The number of allylic oxidation sites excluding steroid dienone is 4. The van der Waals surface area contributed by atoms with Gasteiger partial charge >= 0.3 is 0 Å². The second kappa shape index (κ2) is 14.5. The van der Waals surface area contributed by atoms with Crippen LogP contribution < -0.4 is 45.0 Å². The van der Waals surface area contributed by atoms with Crippen molar-refractivity contribution in [3.8, 4) is 0 Å². The molecule has 284 valence electrons. The van der Waals surface area contributed by atoms with Gasteiger partial charge in [-0.05, 0) is 148 Å². The van der Waals surface area contributed by atoms with Crippen LogP contribution in [0.3, 0.4) is 0 Å². The Kier molecular flexibility index (Phi) is 11.4. The van der Waals surface area contributed by atoms with Gasteiger partial charge in [0.15, 0.2) is 8.07 Å². The average Bonchev–Trinajstić information content (AvgIpc) is 3.22. The molecule has 3 aromatic carbocycles. The largest absolute Gasteiger partial charge is 0.378 e. The Morgan fingerprint density at radius 3 is 0.788 bits per heavy atom. The van der Waals surface area contributed by atoms with Crippen LogP contribution in [0.25, 0.3) is 0 Å². The first-order valence-electron chi connectivity index (χ1n) is 18.8. The van der Waals surface area contributed by atoms with Gasteiger partial charge in [0.25, 0.3) is 0 Å². The Morgan fingerprint density at radius 1 is 0.365 bits per heavy atom. The third kappa shape index (κ3) is 6.11. The Balaban J connectivity index is 2.75. The predicted octanol–water partition coefficient (Wildman–Crippen LogP) is 7.46. The minimum absolute atomic E-state index is 0.185. The first kappa shape index (κ1) is 40.9. The van der Waals surface area contributed by atoms with E-state index in [9.17, 15) is 0 Å². The van der Waals surface area contributed by atoms with Gasteiger partial charge in [0.1, 0.15) is 0 Å². The quantitative estimate of drug-likeness (QED) is 0.159. The third-order valence-electron chi connectivity index (χ3n) is 12.2. The summed E-state index contributed by atoms with van der Waals surface area (Å²) in [6.07, 6.45) is 0. The van der Waals surface area contributed by atoms with Gasteiger partial charge in [-0.2, -0.15) is 0 Å². The highest BCUT2D eigenvalue weighted by molar-refractivity contribution is 7.16. The predicted molar refractivity (Wildman–Crippen MR) is 239 cm³/mol. The summed E-state index contributed by atoms with van der Waals surface area (Å²) in [6, 6.07) is 7.27. The van der Waals surface area contributed by atoms with Gasteiger partial charge in [-0.25, -0.2) is 0 Å². The molecule has 0 atom stereocenters. The zero-order chi connectivity index (χ0) is 39.6. The number of aryl methyl sites for hydroxylation is 3. The molecule has 1 aliphatic rings. The van der Waals surface area contributed by atoms with E-state index in [2.05, 4.69) is 201 Å². The molecule has 0 unspecified atom stereocenters. The van der Waals surface area contributed by atoms with Gasteiger partial charge in [-0.1, -0.05) is 11.1 Å². The molecule has 4 rings (SSSR count). The molecule has 1 aliphatic carbocycles. The molecule has 0 fully saturated rings. The van der Waals surface area contributed by atoms with Crippen LogP contribution in [0.4, 0.5) is 34.1 Å². The van der Waals surface area contributed by atoms with Crippen molar-refractivity contribution in [2.75, 3.05) is 114 Å². The maximum absolute atomic E-state index is 3.30. The second-order valence-electron chi connectivity index (χ2n) is 16.9. The van der Waals surface area contributed by atoms with E-state index in [0.29, 0.717) is 0 Å². The van der Waals surface area contributed by atoms with Crippen LogP contribution >= 0.6 is 0 Å². The van der Waals surface area contributed by atoms with E-state index in [4.69, 9.17) is 0 Å². The molecule has 7 heteroatoms. The summed E-state index contributed by atoms with van der Waals surface area (Å²) in [6.45, 7) is 23.9. The number of rotatable bonds is 10. The molecule has 0 heterocycles. The van der Waals surface area contributed by atoms with Crippen molar-refractivity contribution in [2.45, 2.75) is 74.8 Å². The van der Waals surface area contributed by atoms with Crippen molar-refractivity contribution in [3.63, 3.8) is 0 Å². The summed E-state index contributed by atoms with van der Waals surface area (Å²) in [5.74, 6) is 0. The number of nitrogens with zero attached hydrogens (tertiary/aromatic N) is 6. The molecule has 52 heavy (non-hydrogen) atoms. The van der Waals surface area contributed by atoms with E-state index in [1.165, 1.54) is 105 Å². The summed E-state index contributed by atoms with van der Waals surface area (Å²) in [4.78, 5) is 14.3. The summed E-state index contributed by atoms with van der Waals surface area (Å²) >= 11 is 0. The van der Waals surface area contributed by atoms with E-state index in [1.54, 1.807) is 0 Å². The van der Waals surface area contributed by atoms with Crippen LogP contribution in [-0.4, -0.2) is 92.6 Å². The fourth-order valence-electron chi connectivity index (χ4n) is 10.0. The Morgan fingerprint density at radius 2 is 0.596 bits per heavy atom. The monoisotopic (exact) mass is 723 g/mol. The highest BCUT2D eigenvalue weighted by Gasteiger charge is 2.57. The van der Waals surface area contributed by atoms with Crippen LogP contribution in [0, 0.1) is 41.5 Å². The Hall–Kier alpha value is -3.84. The van der Waals surface area contributed by atoms with Gasteiger partial charge in [-0.3, -0.25) is 0 Å². The minimum Gasteiger partial charge on any atom is -0.378 e. The first-order valence-corrected chi connectivity index (χ1v) is 20.9. The lowest BCUT2D eigenvalue weighted by atomic mass is 10.0. The Labute approximate surface area is 319 Å². The van der Waals surface area contributed by atoms with Crippen LogP contribution in [-0.2, 0) is 0 Å². The lowest BCUT2D eigenvalue weighted by Gasteiger charge is -2.49. The van der Waals surface area contributed by atoms with Gasteiger partial charge < -0.3 is 29.4 Å². The standard InChI is InChI=1S/C45H70N6Si/c1-26-23-36(46(11)12)33(8)43(39(26)49(17)18)52(42-31(6)29(4)30(5)32(42)7,44-34(9)37(47(13)14)24-27(2)40(44)50(19)20)45-35(10)38(48(15)16)25-28(3)41(45)51(21)22/h23-25,42H,1-22H3. The van der Waals surface area contributed by atoms with E-state index in [0.717, 1.165) is 0 Å². The molecule has 0 radical (unpaired) electrons. The normalized spacial score (nSPS) is 13.7. The fourth-order valence-corrected chi connectivity index (χ4v) is 17.9. The van der Waals surface area contributed by atoms with Crippen LogP contribution in [0.5, 0.6) is 0 Å². The van der Waals surface area contributed by atoms with Gasteiger partial charge in [0.05, 0.1) is 0 Å². The van der Waals surface area contributed by atoms with Crippen molar-refractivity contribution in [1.29, 1.82) is 0 Å². The molecule has 0 amide bonds. The molecule has 0 saturated carbocycles. The molecule has 0 saturated heterocycles. The van der Waals surface area contributed by atoms with E-state index in [1.807, 2.05) is 0 Å². The van der Waals surface area contributed by atoms with E-state index >= 15 is 0 Å². The highest BCUT2D eigenvalue weighted by atomic mass is 28.3. The maximum Gasteiger partial charge on any atom is 0.168 e. The molecular formula is C45H70N6Si. The van der Waals surface area contributed by atoms with Gasteiger partial charge in [0.2, 0.25) is 0 Å². The number of hydrogen-bond acceptors (Lipinski definition) is 6. The lowest BCUT2D eigenvalue weighted by Crippen LogP contribution is -2.74. The van der Waals surface area contributed by atoms with Crippen molar-refractivity contribution in [1.82, 2.24) is 0 Å². The molecule has 0 spiro atoms.